The number of hydroxylamine groups is 1. The molecule has 0 unspecified atom stereocenters. The summed E-state index contributed by atoms with van der Waals surface area (Å²) in [6, 6.07) is 38.5. The van der Waals surface area contributed by atoms with Crippen LogP contribution in [0.25, 0.3) is 11.0 Å². The van der Waals surface area contributed by atoms with Gasteiger partial charge in [-0.15, -0.1) is 0 Å². The van der Waals surface area contributed by atoms with E-state index in [1.807, 2.05) is 122 Å². The molecule has 0 fully saturated rings. The van der Waals surface area contributed by atoms with Crippen molar-refractivity contribution in [1.82, 2.24) is 20.3 Å². The highest BCUT2D eigenvalue weighted by Gasteiger charge is 2.40. The van der Waals surface area contributed by atoms with Gasteiger partial charge in [-0.3, -0.25) is 9.63 Å². The summed E-state index contributed by atoms with van der Waals surface area (Å²) in [5, 5.41) is 2.79. The van der Waals surface area contributed by atoms with Gasteiger partial charge in [-0.2, -0.15) is 0 Å². The molecular weight excluding hydrogens is 668 g/mol. The molecule has 1 aromatic heterocycles. The molecule has 53 heavy (non-hydrogen) atoms. The number of nitrogens with one attached hydrogen (secondary N) is 2. The van der Waals surface area contributed by atoms with Gasteiger partial charge in [0.2, 0.25) is 0 Å². The fourth-order valence-corrected chi connectivity index (χ4v) is 6.50. The van der Waals surface area contributed by atoms with Crippen LogP contribution < -0.4 is 10.8 Å². The number of ether oxygens (including phenoxy) is 1. The quantitative estimate of drug-likeness (QED) is 0.0978. The third-order valence-corrected chi connectivity index (χ3v) is 9.18. The number of hydrogen-bond donors (Lipinski definition) is 2. The van der Waals surface area contributed by atoms with Gasteiger partial charge >= 0.3 is 6.09 Å². The Morgan fingerprint density at radius 1 is 0.774 bits per heavy atom. The maximum Gasteiger partial charge on any atom is 0.408 e. The van der Waals surface area contributed by atoms with Crippen LogP contribution in [0.1, 0.15) is 66.4 Å². The molecule has 272 valence electrons. The van der Waals surface area contributed by atoms with E-state index < -0.39 is 29.2 Å². The van der Waals surface area contributed by atoms with Crippen LogP contribution in [0.5, 0.6) is 0 Å². The Balaban J connectivity index is 1.34. The number of imidazole rings is 1. The van der Waals surface area contributed by atoms with Gasteiger partial charge in [0, 0.05) is 13.0 Å². The summed E-state index contributed by atoms with van der Waals surface area (Å²) in [6.45, 7) is 9.73. The van der Waals surface area contributed by atoms with E-state index in [0.717, 1.165) is 44.4 Å². The van der Waals surface area contributed by atoms with Crippen LogP contribution in [0.2, 0.25) is 0 Å². The summed E-state index contributed by atoms with van der Waals surface area (Å²) in [7, 11) is 0. The maximum absolute atomic E-state index is 14.3. The first-order valence-electron chi connectivity index (χ1n) is 17.8. The molecule has 8 nitrogen and oxygen atoms in total. The lowest BCUT2D eigenvalue weighted by atomic mass is 9.80. The summed E-state index contributed by atoms with van der Waals surface area (Å²) >= 11 is 0. The Labute approximate surface area is 309 Å². The van der Waals surface area contributed by atoms with Gasteiger partial charge in [-0.05, 0) is 98.7 Å². The maximum atomic E-state index is 14.3. The van der Waals surface area contributed by atoms with Crippen molar-refractivity contribution in [3.63, 3.8) is 0 Å². The Kier molecular flexibility index (Phi) is 11.0. The molecular formula is C44H45FN4O4. The van der Waals surface area contributed by atoms with Crippen molar-refractivity contribution >= 4 is 23.0 Å². The van der Waals surface area contributed by atoms with Gasteiger partial charge in [0.25, 0.3) is 5.91 Å². The average Bonchev–Trinajstić information content (AvgIpc) is 3.46. The fraction of sp³-hybridized carbons (Fsp3) is 0.250. The number of alkyl carbamates (subject to hydrolysis) is 1. The summed E-state index contributed by atoms with van der Waals surface area (Å²) in [5.41, 5.74) is 7.78. The van der Waals surface area contributed by atoms with Crippen molar-refractivity contribution in [2.24, 2.45) is 0 Å². The minimum atomic E-state index is -1.23. The van der Waals surface area contributed by atoms with Crippen molar-refractivity contribution in [2.45, 2.75) is 71.2 Å². The van der Waals surface area contributed by atoms with E-state index >= 15 is 0 Å². The van der Waals surface area contributed by atoms with Crippen LogP contribution in [0, 0.1) is 19.7 Å². The predicted octanol–water partition coefficient (Wildman–Crippen LogP) is 8.71. The molecule has 6 rings (SSSR count). The molecule has 0 saturated heterocycles. The van der Waals surface area contributed by atoms with Gasteiger partial charge in [-0.25, -0.2) is 19.6 Å². The van der Waals surface area contributed by atoms with E-state index in [9.17, 15) is 14.0 Å². The van der Waals surface area contributed by atoms with E-state index in [1.165, 1.54) is 12.1 Å². The molecule has 0 spiro atoms. The van der Waals surface area contributed by atoms with Crippen LogP contribution in [0.4, 0.5) is 9.18 Å². The topological polar surface area (TPSA) is 94.5 Å². The van der Waals surface area contributed by atoms with Crippen molar-refractivity contribution in [3.8, 4) is 0 Å². The molecule has 1 atom stereocenters. The molecule has 0 radical (unpaired) electrons. The Bertz CT molecular complexity index is 2080. The molecule has 0 saturated carbocycles. The highest BCUT2D eigenvalue weighted by atomic mass is 19.1. The minimum Gasteiger partial charge on any atom is -0.444 e. The fourth-order valence-electron chi connectivity index (χ4n) is 6.50. The normalized spacial score (nSPS) is 12.3. The first kappa shape index (κ1) is 37.0. The summed E-state index contributed by atoms with van der Waals surface area (Å²) in [6.07, 6.45) is -0.275. The molecule has 0 aliphatic carbocycles. The zero-order chi connectivity index (χ0) is 37.6. The number of nitrogens with zero attached hydrogens (tertiary/aromatic N) is 2. The average molecular weight is 713 g/mol. The van der Waals surface area contributed by atoms with Gasteiger partial charge in [0.15, 0.2) is 5.60 Å². The monoisotopic (exact) mass is 712 g/mol. The smallest absolute Gasteiger partial charge is 0.408 e. The largest absolute Gasteiger partial charge is 0.444 e. The van der Waals surface area contributed by atoms with E-state index in [0.29, 0.717) is 18.8 Å². The number of rotatable bonds is 12. The van der Waals surface area contributed by atoms with Crippen LogP contribution in [-0.2, 0) is 32.9 Å². The first-order chi connectivity index (χ1) is 25.4. The summed E-state index contributed by atoms with van der Waals surface area (Å²) < 4.78 is 21.9. The molecule has 0 aliphatic heterocycles. The molecule has 1 heterocycles. The number of aryl methyl sites for hydroxylation is 3. The molecule has 5 aromatic carbocycles. The minimum absolute atomic E-state index is 0.161. The van der Waals surface area contributed by atoms with Crippen LogP contribution in [-0.4, -0.2) is 33.2 Å². The number of amides is 2. The molecule has 0 bridgehead atoms. The number of hydrogen-bond acceptors (Lipinski definition) is 5. The number of aromatic nitrogens is 2. The van der Waals surface area contributed by atoms with E-state index in [1.54, 1.807) is 26.8 Å². The highest BCUT2D eigenvalue weighted by Crippen LogP contribution is 2.39. The van der Waals surface area contributed by atoms with E-state index in [4.69, 9.17) is 14.6 Å². The predicted molar refractivity (Wildman–Crippen MR) is 205 cm³/mol. The second-order valence-corrected chi connectivity index (χ2v) is 14.3. The van der Waals surface area contributed by atoms with Crippen molar-refractivity contribution < 1.29 is 23.6 Å². The summed E-state index contributed by atoms with van der Waals surface area (Å²) in [4.78, 5) is 39.1. The number of halogens is 1. The van der Waals surface area contributed by atoms with Gasteiger partial charge in [0.05, 0.1) is 11.0 Å². The second-order valence-electron chi connectivity index (χ2n) is 14.3. The zero-order valence-electron chi connectivity index (χ0n) is 30.7. The summed E-state index contributed by atoms with van der Waals surface area (Å²) in [5.74, 6) is -0.204. The van der Waals surface area contributed by atoms with Gasteiger partial charge in [-0.1, -0.05) is 103 Å². The third kappa shape index (κ3) is 8.64. The Morgan fingerprint density at radius 2 is 1.34 bits per heavy atom. The lowest BCUT2D eigenvalue weighted by Crippen LogP contribution is -2.50. The van der Waals surface area contributed by atoms with Crippen molar-refractivity contribution in [2.75, 3.05) is 0 Å². The molecule has 2 amide bonds. The van der Waals surface area contributed by atoms with Gasteiger partial charge < -0.3 is 14.6 Å². The Hall–Kier alpha value is -5.80. The first-order valence-corrected chi connectivity index (χ1v) is 17.8. The SMILES string of the molecule is Cc1cc2nc(CC[C@H](NC(=O)OC(C)(C)C)C(=O)NOC(c3ccccc3)(c3ccccc3)c3ccccc3)n(Cc3cccc(F)c3)c2cc1C. The van der Waals surface area contributed by atoms with E-state index in [2.05, 4.69) is 16.9 Å². The van der Waals surface area contributed by atoms with Crippen molar-refractivity contribution in [3.05, 3.63) is 172 Å². The van der Waals surface area contributed by atoms with Crippen LogP contribution in [0.3, 0.4) is 0 Å². The number of benzene rings is 5. The van der Waals surface area contributed by atoms with Crippen LogP contribution >= 0.6 is 0 Å². The second kappa shape index (κ2) is 15.8. The zero-order valence-corrected chi connectivity index (χ0v) is 30.7. The number of carbonyl (C=O) groups excluding carboxylic acids is 2. The van der Waals surface area contributed by atoms with Gasteiger partial charge in [0.1, 0.15) is 23.3 Å². The Morgan fingerprint density at radius 3 is 1.89 bits per heavy atom. The van der Waals surface area contributed by atoms with E-state index in [-0.39, 0.29) is 12.2 Å². The third-order valence-electron chi connectivity index (χ3n) is 9.18. The lowest BCUT2D eigenvalue weighted by molar-refractivity contribution is -0.145. The molecule has 6 aromatic rings. The number of fused-ring (bicyclic) bond motifs is 1. The highest BCUT2D eigenvalue weighted by molar-refractivity contribution is 5.85. The standard InChI is InChI=1S/C44H45FN4O4/c1-30-26-38-39(27-31(30)2)49(29-32-16-15-23-36(45)28-32)40(46-38)25-24-37(47-42(51)52-43(3,4)5)41(50)48-53-44(33-17-9-6-10-18-33,34-19-11-7-12-20-34)35-21-13-8-14-22-35/h6-23,26-28,37H,24-25,29H2,1-5H3,(H,47,51)(H,48,50)/t37-/m0/s1. The molecule has 9 heteroatoms. The lowest BCUT2D eigenvalue weighted by Gasteiger charge is -2.35. The van der Waals surface area contributed by atoms with Crippen molar-refractivity contribution in [1.29, 1.82) is 0 Å². The molecule has 2 N–H and O–H groups in total. The number of carbonyl (C=O) groups is 2. The van der Waals surface area contributed by atoms with Crippen LogP contribution in [0.15, 0.2) is 127 Å². The molecule has 0 aliphatic rings.